The molecule has 0 aliphatic heterocycles. The highest BCUT2D eigenvalue weighted by atomic mass is 35.5. The lowest BCUT2D eigenvalue weighted by atomic mass is 10.1. The van der Waals surface area contributed by atoms with Gasteiger partial charge in [-0.15, -0.1) is 0 Å². The smallest absolute Gasteiger partial charge is 0.264 e. The van der Waals surface area contributed by atoms with Crippen LogP contribution in [0.3, 0.4) is 0 Å². The van der Waals surface area contributed by atoms with Gasteiger partial charge in [-0.25, -0.2) is 4.98 Å². The molecule has 162 valence electrons. The second-order valence-corrected chi connectivity index (χ2v) is 8.04. The zero-order chi connectivity index (χ0) is 22.5. The highest BCUT2D eigenvalue weighted by Crippen LogP contribution is 2.22. The van der Waals surface area contributed by atoms with Crippen molar-refractivity contribution in [3.05, 3.63) is 88.8 Å². The number of halogens is 1. The lowest BCUT2D eigenvalue weighted by Crippen LogP contribution is -2.37. The predicted molar refractivity (Wildman–Crippen MR) is 129 cm³/mol. The Morgan fingerprint density at radius 3 is 2.59 bits per heavy atom. The highest BCUT2D eigenvalue weighted by Gasteiger charge is 2.09. The molecule has 0 fully saturated rings. The SMILES string of the molecule is Cc1ccc(OCC(=O)NC(=S)Nc2ccc(Cc3nc4cc(Cl)ccc4o3)cc2)cc1. The van der Waals surface area contributed by atoms with Crippen LogP contribution in [0.5, 0.6) is 5.75 Å². The quantitative estimate of drug-likeness (QED) is 0.378. The molecule has 32 heavy (non-hydrogen) atoms. The maximum atomic E-state index is 12.0. The van der Waals surface area contributed by atoms with Gasteiger partial charge >= 0.3 is 0 Å². The summed E-state index contributed by atoms with van der Waals surface area (Å²) in [5, 5.41) is 6.41. The first-order valence-corrected chi connectivity index (χ1v) is 10.7. The van der Waals surface area contributed by atoms with E-state index in [2.05, 4.69) is 15.6 Å². The third-order valence-corrected chi connectivity index (χ3v) is 5.04. The van der Waals surface area contributed by atoms with E-state index < -0.39 is 0 Å². The fourth-order valence-electron chi connectivity index (χ4n) is 3.01. The molecule has 2 N–H and O–H groups in total. The molecule has 0 aliphatic carbocycles. The number of fused-ring (bicyclic) bond motifs is 1. The second-order valence-electron chi connectivity index (χ2n) is 7.20. The van der Waals surface area contributed by atoms with Crippen LogP contribution in [0.25, 0.3) is 11.1 Å². The Bertz CT molecular complexity index is 1250. The molecular formula is C24H20ClN3O3S. The van der Waals surface area contributed by atoms with Crippen molar-refractivity contribution >= 4 is 51.6 Å². The summed E-state index contributed by atoms with van der Waals surface area (Å²) in [5.41, 5.74) is 4.34. The van der Waals surface area contributed by atoms with Gasteiger partial charge in [-0.2, -0.15) is 0 Å². The average Bonchev–Trinajstić information content (AvgIpc) is 3.16. The van der Waals surface area contributed by atoms with Crippen molar-refractivity contribution in [2.75, 3.05) is 11.9 Å². The molecule has 4 rings (SSSR count). The lowest BCUT2D eigenvalue weighted by Gasteiger charge is -2.11. The van der Waals surface area contributed by atoms with E-state index in [-0.39, 0.29) is 17.6 Å². The minimum atomic E-state index is -0.337. The predicted octanol–water partition coefficient (Wildman–Crippen LogP) is 5.27. The zero-order valence-electron chi connectivity index (χ0n) is 17.2. The minimum Gasteiger partial charge on any atom is -0.484 e. The maximum absolute atomic E-state index is 12.0. The van der Waals surface area contributed by atoms with Crippen LogP contribution < -0.4 is 15.4 Å². The number of hydrogen-bond donors (Lipinski definition) is 2. The van der Waals surface area contributed by atoms with Crippen molar-refractivity contribution in [3.63, 3.8) is 0 Å². The number of benzene rings is 3. The number of carbonyl (C=O) groups is 1. The minimum absolute atomic E-state index is 0.125. The first-order chi connectivity index (χ1) is 15.4. The first-order valence-electron chi connectivity index (χ1n) is 9.89. The largest absolute Gasteiger partial charge is 0.484 e. The molecule has 0 spiro atoms. The molecular weight excluding hydrogens is 446 g/mol. The Kier molecular flexibility index (Phi) is 6.68. The van der Waals surface area contributed by atoms with Crippen molar-refractivity contribution < 1.29 is 13.9 Å². The molecule has 3 aromatic carbocycles. The van der Waals surface area contributed by atoms with E-state index in [9.17, 15) is 4.79 Å². The number of rotatable bonds is 6. The van der Waals surface area contributed by atoms with Gasteiger partial charge in [0.15, 0.2) is 23.2 Å². The van der Waals surface area contributed by atoms with Gasteiger partial charge in [0, 0.05) is 17.1 Å². The van der Waals surface area contributed by atoms with E-state index in [1.54, 1.807) is 12.1 Å². The molecule has 0 atom stereocenters. The summed E-state index contributed by atoms with van der Waals surface area (Å²) in [6.07, 6.45) is 0.546. The molecule has 1 heterocycles. The molecule has 0 saturated carbocycles. The first kappa shape index (κ1) is 21.8. The van der Waals surface area contributed by atoms with E-state index in [0.29, 0.717) is 28.7 Å². The van der Waals surface area contributed by atoms with Crippen LogP contribution in [-0.4, -0.2) is 22.6 Å². The van der Waals surface area contributed by atoms with Gasteiger partial charge < -0.3 is 14.5 Å². The Labute approximate surface area is 195 Å². The fourth-order valence-corrected chi connectivity index (χ4v) is 3.41. The molecule has 1 amide bonds. The lowest BCUT2D eigenvalue weighted by molar-refractivity contribution is -0.121. The van der Waals surface area contributed by atoms with Gasteiger partial charge in [-0.05, 0) is 67.2 Å². The van der Waals surface area contributed by atoms with Crippen LogP contribution in [0.15, 0.2) is 71.1 Å². The van der Waals surface area contributed by atoms with Crippen molar-refractivity contribution in [3.8, 4) is 5.75 Å². The van der Waals surface area contributed by atoms with E-state index >= 15 is 0 Å². The number of nitrogens with zero attached hydrogens (tertiary/aromatic N) is 1. The number of amides is 1. The van der Waals surface area contributed by atoms with Crippen LogP contribution in [-0.2, 0) is 11.2 Å². The number of aromatic nitrogens is 1. The summed E-state index contributed by atoms with van der Waals surface area (Å²) in [6, 6.07) is 20.5. The molecule has 0 saturated heterocycles. The van der Waals surface area contributed by atoms with Crippen LogP contribution in [0.2, 0.25) is 5.02 Å². The summed E-state index contributed by atoms with van der Waals surface area (Å²) in [7, 11) is 0. The number of anilines is 1. The normalized spacial score (nSPS) is 10.7. The van der Waals surface area contributed by atoms with Crippen molar-refractivity contribution in [1.82, 2.24) is 10.3 Å². The summed E-state index contributed by atoms with van der Waals surface area (Å²) in [4.78, 5) is 16.5. The summed E-state index contributed by atoms with van der Waals surface area (Å²) >= 11 is 11.2. The van der Waals surface area contributed by atoms with E-state index in [4.69, 9.17) is 33.0 Å². The zero-order valence-corrected chi connectivity index (χ0v) is 18.8. The van der Waals surface area contributed by atoms with E-state index in [0.717, 1.165) is 22.3 Å². The van der Waals surface area contributed by atoms with E-state index in [1.807, 2.05) is 61.5 Å². The number of carbonyl (C=O) groups excluding carboxylic acids is 1. The van der Waals surface area contributed by atoms with E-state index in [1.165, 1.54) is 0 Å². The monoisotopic (exact) mass is 465 g/mol. The molecule has 0 bridgehead atoms. The summed E-state index contributed by atoms with van der Waals surface area (Å²) < 4.78 is 11.2. The maximum Gasteiger partial charge on any atom is 0.264 e. The highest BCUT2D eigenvalue weighted by molar-refractivity contribution is 7.80. The van der Waals surface area contributed by atoms with Crippen molar-refractivity contribution in [2.45, 2.75) is 13.3 Å². The topological polar surface area (TPSA) is 76.4 Å². The Morgan fingerprint density at radius 2 is 1.84 bits per heavy atom. The Morgan fingerprint density at radius 1 is 1.09 bits per heavy atom. The molecule has 6 nitrogen and oxygen atoms in total. The van der Waals surface area contributed by atoms with Crippen molar-refractivity contribution in [2.24, 2.45) is 0 Å². The fraction of sp³-hybridized carbons (Fsp3) is 0.125. The third kappa shape index (κ3) is 5.84. The van der Waals surface area contributed by atoms with Gasteiger partial charge in [0.25, 0.3) is 5.91 Å². The van der Waals surface area contributed by atoms with Crippen LogP contribution in [0, 0.1) is 6.92 Å². The van der Waals surface area contributed by atoms with Gasteiger partial charge in [0.2, 0.25) is 0 Å². The number of ether oxygens (including phenoxy) is 1. The van der Waals surface area contributed by atoms with Crippen LogP contribution in [0.1, 0.15) is 17.0 Å². The molecule has 4 aromatic rings. The third-order valence-electron chi connectivity index (χ3n) is 4.60. The average molecular weight is 466 g/mol. The van der Waals surface area contributed by atoms with Gasteiger partial charge in [0.1, 0.15) is 11.3 Å². The van der Waals surface area contributed by atoms with Crippen LogP contribution >= 0.6 is 23.8 Å². The van der Waals surface area contributed by atoms with Gasteiger partial charge in [-0.3, -0.25) is 10.1 Å². The second kappa shape index (κ2) is 9.80. The molecule has 1 aromatic heterocycles. The van der Waals surface area contributed by atoms with Crippen LogP contribution in [0.4, 0.5) is 5.69 Å². The number of aryl methyl sites for hydroxylation is 1. The number of nitrogens with one attached hydrogen (secondary N) is 2. The number of hydrogen-bond acceptors (Lipinski definition) is 5. The van der Waals surface area contributed by atoms with Gasteiger partial charge in [-0.1, -0.05) is 41.4 Å². The number of oxazole rings is 1. The molecule has 8 heteroatoms. The molecule has 0 radical (unpaired) electrons. The summed E-state index contributed by atoms with van der Waals surface area (Å²) in [6.45, 7) is 1.86. The van der Waals surface area contributed by atoms with Crippen molar-refractivity contribution in [1.29, 1.82) is 0 Å². The number of thiocarbonyl (C=S) groups is 1. The molecule has 0 unspecified atom stereocenters. The Hall–Kier alpha value is -3.42. The van der Waals surface area contributed by atoms with Gasteiger partial charge in [0.05, 0.1) is 0 Å². The standard InChI is InChI=1S/C24H20ClN3O3S/c1-15-2-9-19(10-3-15)30-14-22(29)28-24(32)26-18-7-4-16(5-8-18)12-23-27-20-13-17(25)6-11-21(20)31-23/h2-11,13H,12,14H2,1H3,(H2,26,28,29,32). The Balaban J connectivity index is 1.27. The summed E-state index contributed by atoms with van der Waals surface area (Å²) in [5.74, 6) is 0.900. The molecule has 0 aliphatic rings.